The van der Waals surface area contributed by atoms with E-state index in [9.17, 15) is 10.2 Å². The van der Waals surface area contributed by atoms with Crippen molar-refractivity contribution in [1.82, 2.24) is 0 Å². The first-order valence-electron chi connectivity index (χ1n) is 19.8. The van der Waals surface area contributed by atoms with E-state index in [2.05, 4.69) is 13.8 Å². The lowest BCUT2D eigenvalue weighted by atomic mass is 9.94. The molecule has 45 heavy (non-hydrogen) atoms. The molecule has 6 nitrogen and oxygen atoms in total. The molecule has 0 aromatic heterocycles. The van der Waals surface area contributed by atoms with Crippen LogP contribution in [-0.4, -0.2) is 59.9 Å². The van der Waals surface area contributed by atoms with E-state index in [0.717, 1.165) is 0 Å². The summed E-state index contributed by atoms with van der Waals surface area (Å²) in [6, 6.07) is 0. The van der Waals surface area contributed by atoms with Gasteiger partial charge in [0.1, 0.15) is 24.4 Å². The Kier molecular flexibility index (Phi) is 23.4. The average molecular weight is 641 g/mol. The highest BCUT2D eigenvalue weighted by atomic mass is 16.8. The molecule has 0 aliphatic carbocycles. The molecule has 0 bridgehead atoms. The maximum atomic E-state index is 11.0. The van der Waals surface area contributed by atoms with E-state index in [4.69, 9.17) is 18.9 Å². The first-order chi connectivity index (χ1) is 21.9. The van der Waals surface area contributed by atoms with Gasteiger partial charge in [-0.1, -0.05) is 168 Å². The number of rotatable bonds is 30. The minimum atomic E-state index is -0.932. The summed E-state index contributed by atoms with van der Waals surface area (Å²) in [4.78, 5) is 0. The highest BCUT2D eigenvalue weighted by Gasteiger charge is 2.55. The van der Waals surface area contributed by atoms with E-state index in [1.807, 2.05) is 13.8 Å². The average Bonchev–Trinajstić information content (AvgIpc) is 3.36. The normalized spacial score (nSPS) is 24.5. The standard InChI is InChI=1S/C39H76O6/c1-5-7-9-11-13-15-17-19-21-23-25-27-29-33(30-28-26-24-22-20-18-16-14-12-10-8-6-2)32-42-38-35(41)37-36(34(31-40)43-38)44-39(3,4)45-37/h33-38,40-41H,5-32H2,1-4H3/t34-,35-,36+,37-,38-/m1/s1. The summed E-state index contributed by atoms with van der Waals surface area (Å²) in [5, 5.41) is 21.0. The second kappa shape index (κ2) is 25.7. The fraction of sp³-hybridized carbons (Fsp3) is 1.00. The fourth-order valence-corrected chi connectivity index (χ4v) is 7.23. The number of hydrogen-bond donors (Lipinski definition) is 2. The third-order valence-corrected chi connectivity index (χ3v) is 10.1. The summed E-state index contributed by atoms with van der Waals surface area (Å²) >= 11 is 0. The van der Waals surface area contributed by atoms with E-state index in [1.165, 1.54) is 167 Å². The third-order valence-electron chi connectivity index (χ3n) is 10.1. The lowest BCUT2D eigenvalue weighted by Gasteiger charge is -2.39. The maximum Gasteiger partial charge on any atom is 0.186 e. The minimum absolute atomic E-state index is 0.186. The Labute approximate surface area is 279 Å². The molecule has 0 radical (unpaired) electrons. The van der Waals surface area contributed by atoms with Crippen LogP contribution in [0.4, 0.5) is 0 Å². The zero-order chi connectivity index (χ0) is 32.6. The Morgan fingerprint density at radius 3 is 1.36 bits per heavy atom. The van der Waals surface area contributed by atoms with E-state index >= 15 is 0 Å². The van der Waals surface area contributed by atoms with Crippen LogP contribution in [0.3, 0.4) is 0 Å². The van der Waals surface area contributed by atoms with Crippen molar-refractivity contribution < 1.29 is 29.2 Å². The zero-order valence-corrected chi connectivity index (χ0v) is 30.3. The molecule has 0 amide bonds. The molecule has 0 saturated carbocycles. The second-order valence-electron chi connectivity index (χ2n) is 14.8. The van der Waals surface area contributed by atoms with Crippen LogP contribution in [0.15, 0.2) is 0 Å². The summed E-state index contributed by atoms with van der Waals surface area (Å²) in [5.74, 6) is -0.345. The molecule has 2 rings (SSSR count). The Morgan fingerprint density at radius 1 is 0.578 bits per heavy atom. The van der Waals surface area contributed by atoms with Gasteiger partial charge in [0.15, 0.2) is 12.1 Å². The van der Waals surface area contributed by atoms with Crippen molar-refractivity contribution in [2.75, 3.05) is 13.2 Å². The molecule has 0 aromatic rings. The quantitative estimate of drug-likeness (QED) is 0.0761. The highest BCUT2D eigenvalue weighted by Crippen LogP contribution is 2.38. The van der Waals surface area contributed by atoms with Gasteiger partial charge in [0.2, 0.25) is 0 Å². The number of aliphatic hydroxyl groups excluding tert-OH is 2. The summed E-state index contributed by atoms with van der Waals surface area (Å²) in [7, 11) is 0. The van der Waals surface area contributed by atoms with Gasteiger partial charge < -0.3 is 29.2 Å². The van der Waals surface area contributed by atoms with Crippen molar-refractivity contribution in [3.05, 3.63) is 0 Å². The van der Waals surface area contributed by atoms with Crippen molar-refractivity contribution in [3.63, 3.8) is 0 Å². The number of unbranched alkanes of at least 4 members (excludes halogenated alkanes) is 22. The molecule has 6 heteroatoms. The van der Waals surface area contributed by atoms with Gasteiger partial charge in [-0.05, 0) is 32.6 Å². The van der Waals surface area contributed by atoms with Crippen molar-refractivity contribution in [3.8, 4) is 0 Å². The fourth-order valence-electron chi connectivity index (χ4n) is 7.23. The molecule has 0 aromatic carbocycles. The molecular formula is C39H76O6. The lowest BCUT2D eigenvalue weighted by Crippen LogP contribution is -2.58. The smallest absolute Gasteiger partial charge is 0.186 e. The molecule has 2 aliphatic heterocycles. The van der Waals surface area contributed by atoms with Crippen molar-refractivity contribution in [2.45, 2.75) is 231 Å². The predicted molar refractivity (Wildman–Crippen MR) is 186 cm³/mol. The molecule has 2 N–H and O–H groups in total. The summed E-state index contributed by atoms with van der Waals surface area (Å²) in [6.45, 7) is 8.63. The van der Waals surface area contributed by atoms with Crippen LogP contribution in [0.2, 0.25) is 0 Å². The van der Waals surface area contributed by atoms with Gasteiger partial charge in [-0.2, -0.15) is 0 Å². The van der Waals surface area contributed by atoms with Crippen LogP contribution < -0.4 is 0 Å². The summed E-state index contributed by atoms with van der Waals surface area (Å²) in [5.41, 5.74) is 0. The molecule has 2 heterocycles. The summed E-state index contributed by atoms with van der Waals surface area (Å²) in [6.07, 6.45) is 31.8. The Morgan fingerprint density at radius 2 is 0.956 bits per heavy atom. The maximum absolute atomic E-state index is 11.0. The van der Waals surface area contributed by atoms with Crippen LogP contribution in [0.5, 0.6) is 0 Å². The van der Waals surface area contributed by atoms with Crippen LogP contribution >= 0.6 is 0 Å². The summed E-state index contributed by atoms with van der Waals surface area (Å²) < 4.78 is 24.2. The largest absolute Gasteiger partial charge is 0.394 e. The lowest BCUT2D eigenvalue weighted by molar-refractivity contribution is -0.285. The number of ether oxygens (including phenoxy) is 4. The van der Waals surface area contributed by atoms with Crippen LogP contribution in [-0.2, 0) is 18.9 Å². The van der Waals surface area contributed by atoms with Gasteiger partial charge in [0.25, 0.3) is 0 Å². The van der Waals surface area contributed by atoms with E-state index in [1.54, 1.807) is 0 Å². The van der Waals surface area contributed by atoms with Crippen LogP contribution in [0.1, 0.15) is 195 Å². The molecule has 0 unspecified atom stereocenters. The van der Waals surface area contributed by atoms with E-state index in [-0.39, 0.29) is 6.61 Å². The molecule has 5 atom stereocenters. The molecular weight excluding hydrogens is 564 g/mol. The first-order valence-corrected chi connectivity index (χ1v) is 19.8. The van der Waals surface area contributed by atoms with E-state index in [0.29, 0.717) is 12.5 Å². The number of hydrogen-bond acceptors (Lipinski definition) is 6. The zero-order valence-electron chi connectivity index (χ0n) is 30.3. The number of aliphatic hydroxyl groups is 2. The molecule has 2 saturated heterocycles. The Balaban J connectivity index is 1.68. The predicted octanol–water partition coefficient (Wildman–Crippen LogP) is 10.4. The van der Waals surface area contributed by atoms with Gasteiger partial charge in [-0.3, -0.25) is 0 Å². The minimum Gasteiger partial charge on any atom is -0.394 e. The molecule has 268 valence electrons. The van der Waals surface area contributed by atoms with Crippen molar-refractivity contribution in [2.24, 2.45) is 5.92 Å². The second-order valence-corrected chi connectivity index (χ2v) is 14.8. The Bertz CT molecular complexity index is 644. The molecule has 2 fully saturated rings. The first kappa shape index (κ1) is 40.9. The SMILES string of the molecule is CCCCCCCCCCCCCCC(CCCCCCCCCCCCCC)CO[C@@H]1O[C@H](CO)[C@@H]2OC(C)(C)O[C@@H]2[C@H]1O. The molecule has 2 aliphatic rings. The number of fused-ring (bicyclic) bond motifs is 1. The van der Waals surface area contributed by atoms with Crippen LogP contribution in [0.25, 0.3) is 0 Å². The van der Waals surface area contributed by atoms with E-state index < -0.39 is 36.5 Å². The highest BCUT2D eigenvalue weighted by molar-refractivity contribution is 4.96. The van der Waals surface area contributed by atoms with Gasteiger partial charge in [0.05, 0.1) is 13.2 Å². The monoisotopic (exact) mass is 641 g/mol. The van der Waals surface area contributed by atoms with Gasteiger partial charge in [0, 0.05) is 0 Å². The van der Waals surface area contributed by atoms with Gasteiger partial charge in [-0.25, -0.2) is 0 Å². The topological polar surface area (TPSA) is 77.4 Å². The van der Waals surface area contributed by atoms with Gasteiger partial charge in [-0.15, -0.1) is 0 Å². The van der Waals surface area contributed by atoms with Crippen LogP contribution in [0, 0.1) is 5.92 Å². The third kappa shape index (κ3) is 18.2. The Hall–Kier alpha value is -0.240. The van der Waals surface area contributed by atoms with Crippen molar-refractivity contribution in [1.29, 1.82) is 0 Å². The van der Waals surface area contributed by atoms with Gasteiger partial charge >= 0.3 is 0 Å². The van der Waals surface area contributed by atoms with Crippen molar-refractivity contribution >= 4 is 0 Å². The molecule has 0 spiro atoms.